The average molecular weight is 328 g/mol. The lowest BCUT2D eigenvalue weighted by Gasteiger charge is -2.06. The number of hydrogen-bond donors (Lipinski definition) is 1. The van der Waals surface area contributed by atoms with Gasteiger partial charge < -0.3 is 5.32 Å². The van der Waals surface area contributed by atoms with Gasteiger partial charge in [0.15, 0.2) is 0 Å². The second-order valence-electron chi connectivity index (χ2n) is 4.79. The Hall–Kier alpha value is -1.89. The third kappa shape index (κ3) is 4.84. The van der Waals surface area contributed by atoms with Gasteiger partial charge in [0.1, 0.15) is 5.01 Å². The highest BCUT2D eigenvalue weighted by molar-refractivity contribution is 7.15. The monoisotopic (exact) mass is 328 g/mol. The zero-order chi connectivity index (χ0) is 16.2. The summed E-state index contributed by atoms with van der Waals surface area (Å²) in [6.07, 6.45) is -5.96. The first-order valence-corrected chi connectivity index (χ1v) is 7.52. The van der Waals surface area contributed by atoms with E-state index in [1.807, 2.05) is 37.3 Å². The molecule has 1 N–H and O–H groups in total. The Kier molecular flexibility index (Phi) is 5.18. The van der Waals surface area contributed by atoms with E-state index in [0.29, 0.717) is 0 Å². The summed E-state index contributed by atoms with van der Waals surface area (Å²) >= 11 is 1.43. The van der Waals surface area contributed by atoms with Crippen LogP contribution in [0.15, 0.2) is 30.3 Å². The average Bonchev–Trinajstić information content (AvgIpc) is 2.84. The summed E-state index contributed by atoms with van der Waals surface area (Å²) in [5, 5.41) is 3.34. The predicted molar refractivity (Wildman–Crippen MR) is 79.4 cm³/mol. The topological polar surface area (TPSA) is 42.0 Å². The molecule has 0 fully saturated rings. The summed E-state index contributed by atoms with van der Waals surface area (Å²) in [6.45, 7) is 2.02. The Morgan fingerprint density at radius 1 is 1.27 bits per heavy atom. The van der Waals surface area contributed by atoms with Crippen LogP contribution in [0.5, 0.6) is 0 Å². The summed E-state index contributed by atoms with van der Waals surface area (Å²) in [6, 6.07) is 9.59. The molecule has 7 heteroatoms. The number of carbonyl (C=O) groups excluding carboxylic acids is 1. The van der Waals surface area contributed by atoms with Crippen molar-refractivity contribution in [3.63, 3.8) is 0 Å². The van der Waals surface area contributed by atoms with Gasteiger partial charge in [0, 0.05) is 16.9 Å². The molecule has 2 rings (SSSR count). The molecule has 0 radical (unpaired) electrons. The van der Waals surface area contributed by atoms with Gasteiger partial charge in [-0.3, -0.25) is 4.79 Å². The second-order valence-corrected chi connectivity index (χ2v) is 5.87. The van der Waals surface area contributed by atoms with Crippen molar-refractivity contribution in [3.8, 4) is 10.6 Å². The maximum absolute atomic E-state index is 12.0. The fourth-order valence-electron chi connectivity index (χ4n) is 1.82. The number of thiazole rings is 1. The Morgan fingerprint density at radius 3 is 2.59 bits per heavy atom. The van der Waals surface area contributed by atoms with Crippen LogP contribution in [-0.4, -0.2) is 17.1 Å². The first-order valence-electron chi connectivity index (χ1n) is 6.70. The Morgan fingerprint density at radius 2 is 1.95 bits per heavy atom. The van der Waals surface area contributed by atoms with E-state index in [-0.39, 0.29) is 6.54 Å². The van der Waals surface area contributed by atoms with Gasteiger partial charge in [-0.2, -0.15) is 13.2 Å². The van der Waals surface area contributed by atoms with Crippen LogP contribution in [0.2, 0.25) is 0 Å². The minimum atomic E-state index is -4.31. The molecule has 2 aromatic rings. The maximum Gasteiger partial charge on any atom is 0.389 e. The van der Waals surface area contributed by atoms with Crippen molar-refractivity contribution in [3.05, 3.63) is 40.9 Å². The number of benzene rings is 1. The molecule has 0 bridgehead atoms. The smallest absolute Gasteiger partial charge is 0.351 e. The highest BCUT2D eigenvalue weighted by atomic mass is 32.1. The summed E-state index contributed by atoms with van der Waals surface area (Å²) in [7, 11) is 0. The molecule has 0 aliphatic rings. The summed E-state index contributed by atoms with van der Waals surface area (Å²) in [4.78, 5) is 16.7. The maximum atomic E-state index is 12.0. The van der Waals surface area contributed by atoms with Crippen molar-refractivity contribution in [1.82, 2.24) is 10.3 Å². The molecule has 0 atom stereocenters. The van der Waals surface area contributed by atoms with Crippen LogP contribution in [0, 0.1) is 6.92 Å². The molecular formula is C15H15F3N2OS. The highest BCUT2D eigenvalue weighted by Crippen LogP contribution is 2.27. The van der Waals surface area contributed by atoms with E-state index in [2.05, 4.69) is 10.3 Å². The molecule has 0 saturated heterocycles. The molecule has 1 amide bonds. The van der Waals surface area contributed by atoms with Gasteiger partial charge in [-0.25, -0.2) is 4.98 Å². The molecule has 0 spiro atoms. The fourth-order valence-corrected chi connectivity index (χ4v) is 2.83. The number of halogens is 3. The van der Waals surface area contributed by atoms with Gasteiger partial charge in [-0.05, 0) is 6.92 Å². The van der Waals surface area contributed by atoms with Gasteiger partial charge in [0.2, 0.25) is 5.91 Å². The van der Waals surface area contributed by atoms with Crippen LogP contribution in [0.4, 0.5) is 13.2 Å². The largest absolute Gasteiger partial charge is 0.389 e. The molecule has 22 heavy (non-hydrogen) atoms. The first-order chi connectivity index (χ1) is 10.3. The van der Waals surface area contributed by atoms with E-state index in [4.69, 9.17) is 0 Å². The highest BCUT2D eigenvalue weighted by Gasteiger charge is 2.27. The number of aryl methyl sites for hydroxylation is 1. The van der Waals surface area contributed by atoms with Crippen molar-refractivity contribution in [1.29, 1.82) is 0 Å². The minimum absolute atomic E-state index is 0.201. The molecule has 1 aromatic heterocycles. The normalized spacial score (nSPS) is 11.5. The van der Waals surface area contributed by atoms with Crippen LogP contribution in [0.1, 0.15) is 23.4 Å². The van der Waals surface area contributed by atoms with Gasteiger partial charge in [-0.1, -0.05) is 30.3 Å². The number of amides is 1. The van der Waals surface area contributed by atoms with E-state index in [9.17, 15) is 18.0 Å². The van der Waals surface area contributed by atoms with Crippen molar-refractivity contribution >= 4 is 17.2 Å². The molecule has 3 nitrogen and oxygen atoms in total. The zero-order valence-corrected chi connectivity index (χ0v) is 12.7. The van der Waals surface area contributed by atoms with Crippen LogP contribution in [-0.2, 0) is 11.3 Å². The van der Waals surface area contributed by atoms with E-state index in [1.165, 1.54) is 11.3 Å². The third-order valence-corrected chi connectivity index (χ3v) is 4.20. The summed E-state index contributed by atoms with van der Waals surface area (Å²) in [5.41, 5.74) is 1.75. The van der Waals surface area contributed by atoms with Crippen LogP contribution < -0.4 is 5.32 Å². The van der Waals surface area contributed by atoms with Crippen LogP contribution in [0.3, 0.4) is 0 Å². The van der Waals surface area contributed by atoms with Crippen molar-refractivity contribution in [2.24, 2.45) is 0 Å². The molecule has 0 aliphatic heterocycles. The SMILES string of the molecule is Cc1nc(-c2ccccc2)sc1CNC(=O)CCC(F)(F)F. The molecule has 118 valence electrons. The lowest BCUT2D eigenvalue weighted by Crippen LogP contribution is -2.24. The Bertz CT molecular complexity index is 638. The van der Waals surface area contributed by atoms with Crippen molar-refractivity contribution in [2.45, 2.75) is 32.5 Å². The van der Waals surface area contributed by atoms with E-state index in [1.54, 1.807) is 0 Å². The second kappa shape index (κ2) is 6.91. The number of alkyl halides is 3. The van der Waals surface area contributed by atoms with E-state index < -0.39 is 24.9 Å². The first kappa shape index (κ1) is 16.5. The predicted octanol–water partition coefficient (Wildman–Crippen LogP) is 4.08. The summed E-state index contributed by atoms with van der Waals surface area (Å²) < 4.78 is 36.1. The van der Waals surface area contributed by atoms with Crippen LogP contribution in [0.25, 0.3) is 10.6 Å². The minimum Gasteiger partial charge on any atom is -0.351 e. The number of carbonyl (C=O) groups is 1. The number of hydrogen-bond acceptors (Lipinski definition) is 3. The van der Waals surface area contributed by atoms with Gasteiger partial charge in [0.05, 0.1) is 18.7 Å². The number of aromatic nitrogens is 1. The van der Waals surface area contributed by atoms with Crippen molar-refractivity contribution in [2.75, 3.05) is 0 Å². The standard InChI is InChI=1S/C15H15F3N2OS/c1-10-12(9-19-13(21)7-8-15(16,17)18)22-14(20-10)11-5-3-2-4-6-11/h2-6H,7-9H2,1H3,(H,19,21). The van der Waals surface area contributed by atoms with Gasteiger partial charge in [0.25, 0.3) is 0 Å². The molecule has 0 saturated carbocycles. The molecule has 0 aliphatic carbocycles. The number of rotatable bonds is 5. The quantitative estimate of drug-likeness (QED) is 0.899. The zero-order valence-electron chi connectivity index (χ0n) is 11.9. The molecule has 1 heterocycles. The molecule has 1 aromatic carbocycles. The Labute approximate surface area is 130 Å². The lowest BCUT2D eigenvalue weighted by atomic mass is 10.2. The van der Waals surface area contributed by atoms with Gasteiger partial charge >= 0.3 is 6.18 Å². The molecular weight excluding hydrogens is 313 g/mol. The third-order valence-electron chi connectivity index (χ3n) is 3.00. The summed E-state index contributed by atoms with van der Waals surface area (Å²) in [5.74, 6) is -0.605. The lowest BCUT2D eigenvalue weighted by molar-refractivity contribution is -0.144. The molecule has 0 unspecified atom stereocenters. The number of nitrogens with zero attached hydrogens (tertiary/aromatic N) is 1. The van der Waals surface area contributed by atoms with Crippen molar-refractivity contribution < 1.29 is 18.0 Å². The van der Waals surface area contributed by atoms with Crippen LogP contribution >= 0.6 is 11.3 Å². The van der Waals surface area contributed by atoms with Gasteiger partial charge in [-0.15, -0.1) is 11.3 Å². The fraction of sp³-hybridized carbons (Fsp3) is 0.333. The Balaban J connectivity index is 1.94. The number of nitrogens with one attached hydrogen (secondary N) is 1. The van der Waals surface area contributed by atoms with E-state index >= 15 is 0 Å². The van der Waals surface area contributed by atoms with E-state index in [0.717, 1.165) is 21.1 Å².